The summed E-state index contributed by atoms with van der Waals surface area (Å²) in [6.07, 6.45) is 5.15. The Morgan fingerprint density at radius 2 is 2.00 bits per heavy atom. The summed E-state index contributed by atoms with van der Waals surface area (Å²) in [4.78, 5) is 0. The average Bonchev–Trinajstić information content (AvgIpc) is 2.54. The summed E-state index contributed by atoms with van der Waals surface area (Å²) in [5.74, 6) is 0. The monoisotopic (exact) mass is 201 g/mol. The van der Waals surface area contributed by atoms with Gasteiger partial charge in [0, 0.05) is 13.7 Å². The molecule has 0 bridgehead atoms. The Morgan fingerprint density at radius 3 is 2.50 bits per heavy atom. The molecular formula is C11H23NO2. The predicted molar refractivity (Wildman–Crippen MR) is 57.5 cm³/mol. The van der Waals surface area contributed by atoms with Crippen LogP contribution in [0.4, 0.5) is 0 Å². The van der Waals surface area contributed by atoms with Crippen LogP contribution in [0, 0.1) is 0 Å². The first-order valence-corrected chi connectivity index (χ1v) is 5.54. The van der Waals surface area contributed by atoms with Crippen molar-refractivity contribution in [2.45, 2.75) is 44.3 Å². The van der Waals surface area contributed by atoms with Gasteiger partial charge in [0.25, 0.3) is 0 Å². The number of likely N-dealkylation sites (N-methyl/N-ethyl adjacent to an activating group) is 1. The van der Waals surface area contributed by atoms with Crippen LogP contribution in [-0.2, 0) is 9.47 Å². The summed E-state index contributed by atoms with van der Waals surface area (Å²) in [6.45, 7) is 3.73. The van der Waals surface area contributed by atoms with Crippen LogP contribution in [0.2, 0.25) is 0 Å². The molecule has 3 heteroatoms. The molecule has 1 unspecified atom stereocenters. The molecule has 0 radical (unpaired) electrons. The second kappa shape index (κ2) is 5.69. The minimum Gasteiger partial charge on any atom is -0.382 e. The molecule has 3 nitrogen and oxygen atoms in total. The zero-order valence-corrected chi connectivity index (χ0v) is 9.64. The van der Waals surface area contributed by atoms with Crippen molar-refractivity contribution in [3.8, 4) is 0 Å². The molecule has 0 aromatic heterocycles. The molecule has 1 N–H and O–H groups in total. The third kappa shape index (κ3) is 3.23. The summed E-state index contributed by atoms with van der Waals surface area (Å²) in [5, 5.41) is 3.23. The van der Waals surface area contributed by atoms with Gasteiger partial charge >= 0.3 is 0 Å². The molecule has 1 aliphatic rings. The third-order valence-electron chi connectivity index (χ3n) is 2.87. The average molecular weight is 201 g/mol. The normalized spacial score (nSPS) is 22.5. The fraction of sp³-hybridized carbons (Fsp3) is 1.00. The van der Waals surface area contributed by atoms with Crippen molar-refractivity contribution in [3.05, 3.63) is 0 Å². The van der Waals surface area contributed by atoms with Crippen LogP contribution in [0.1, 0.15) is 32.6 Å². The van der Waals surface area contributed by atoms with Crippen LogP contribution in [0.25, 0.3) is 0 Å². The highest BCUT2D eigenvalue weighted by Gasteiger charge is 2.35. The Morgan fingerprint density at radius 1 is 1.36 bits per heavy atom. The first-order chi connectivity index (χ1) is 6.72. The molecule has 1 atom stereocenters. The zero-order valence-electron chi connectivity index (χ0n) is 9.64. The van der Waals surface area contributed by atoms with Gasteiger partial charge in [0.1, 0.15) is 0 Å². The maximum absolute atomic E-state index is 6.09. The molecule has 1 aliphatic carbocycles. The highest BCUT2D eigenvalue weighted by Crippen LogP contribution is 2.33. The van der Waals surface area contributed by atoms with Gasteiger partial charge in [-0.1, -0.05) is 12.8 Å². The number of nitrogens with one attached hydrogen (secondary N) is 1. The van der Waals surface area contributed by atoms with E-state index in [2.05, 4.69) is 12.2 Å². The lowest BCUT2D eigenvalue weighted by molar-refractivity contribution is -0.101. The lowest BCUT2D eigenvalue weighted by atomic mass is 10.0. The van der Waals surface area contributed by atoms with Crippen molar-refractivity contribution in [1.29, 1.82) is 0 Å². The topological polar surface area (TPSA) is 30.5 Å². The summed E-state index contributed by atoms with van der Waals surface area (Å²) in [7, 11) is 3.71. The molecule has 0 aliphatic heterocycles. The van der Waals surface area contributed by atoms with Crippen molar-refractivity contribution in [2.24, 2.45) is 0 Å². The molecule has 0 aromatic carbocycles. The third-order valence-corrected chi connectivity index (χ3v) is 2.87. The molecule has 1 saturated carbocycles. The van der Waals surface area contributed by atoms with Gasteiger partial charge < -0.3 is 14.8 Å². The fourth-order valence-corrected chi connectivity index (χ4v) is 2.37. The van der Waals surface area contributed by atoms with Crippen LogP contribution in [-0.4, -0.2) is 39.0 Å². The van der Waals surface area contributed by atoms with Gasteiger partial charge in [-0.2, -0.15) is 0 Å². The second-order valence-electron chi connectivity index (χ2n) is 4.30. The van der Waals surface area contributed by atoms with Crippen LogP contribution in [0.15, 0.2) is 0 Å². The van der Waals surface area contributed by atoms with Crippen LogP contribution < -0.4 is 5.32 Å². The highest BCUT2D eigenvalue weighted by atomic mass is 16.5. The summed E-state index contributed by atoms with van der Waals surface area (Å²) >= 11 is 0. The van der Waals surface area contributed by atoms with Gasteiger partial charge in [-0.05, 0) is 26.8 Å². The van der Waals surface area contributed by atoms with Crippen LogP contribution >= 0.6 is 0 Å². The van der Waals surface area contributed by atoms with E-state index in [0.29, 0.717) is 6.61 Å². The van der Waals surface area contributed by atoms with E-state index >= 15 is 0 Å². The highest BCUT2D eigenvalue weighted by molar-refractivity contribution is 4.88. The molecule has 1 rings (SSSR count). The van der Waals surface area contributed by atoms with E-state index in [1.165, 1.54) is 25.7 Å². The Kier molecular flexibility index (Phi) is 4.85. The standard InChI is InChI=1S/C11H23NO2/c1-10(8-13-3)14-11(9-12-2)6-4-5-7-11/h10,12H,4-9H2,1-3H3. The molecular weight excluding hydrogens is 178 g/mol. The number of hydrogen-bond acceptors (Lipinski definition) is 3. The van der Waals surface area contributed by atoms with E-state index in [9.17, 15) is 0 Å². The lowest BCUT2D eigenvalue weighted by Gasteiger charge is -2.32. The van der Waals surface area contributed by atoms with Crippen LogP contribution in [0.3, 0.4) is 0 Å². The summed E-state index contributed by atoms with van der Waals surface area (Å²) in [5.41, 5.74) is 0.0761. The maximum atomic E-state index is 6.09. The van der Waals surface area contributed by atoms with Crippen molar-refractivity contribution in [1.82, 2.24) is 5.32 Å². The van der Waals surface area contributed by atoms with Crippen molar-refractivity contribution in [2.75, 3.05) is 27.3 Å². The molecule has 1 fully saturated rings. The van der Waals surface area contributed by atoms with Gasteiger partial charge in [-0.3, -0.25) is 0 Å². The molecule has 0 heterocycles. The maximum Gasteiger partial charge on any atom is 0.0810 e. The summed E-state index contributed by atoms with van der Waals surface area (Å²) < 4.78 is 11.2. The van der Waals surface area contributed by atoms with E-state index in [0.717, 1.165) is 6.54 Å². The number of rotatable bonds is 6. The smallest absolute Gasteiger partial charge is 0.0810 e. The predicted octanol–water partition coefficient (Wildman–Crippen LogP) is 1.57. The van der Waals surface area contributed by atoms with Gasteiger partial charge in [-0.15, -0.1) is 0 Å². The van der Waals surface area contributed by atoms with Crippen molar-refractivity contribution in [3.63, 3.8) is 0 Å². The minimum absolute atomic E-state index is 0.0761. The molecule has 0 saturated heterocycles. The zero-order chi connectivity index (χ0) is 10.4. The molecule has 0 amide bonds. The Bertz CT molecular complexity index is 155. The van der Waals surface area contributed by atoms with Crippen molar-refractivity contribution >= 4 is 0 Å². The van der Waals surface area contributed by atoms with E-state index in [4.69, 9.17) is 9.47 Å². The Labute approximate surface area is 87.2 Å². The van der Waals surface area contributed by atoms with E-state index < -0.39 is 0 Å². The SMILES string of the molecule is CNCC1(OC(C)COC)CCCC1. The molecule has 0 spiro atoms. The summed E-state index contributed by atoms with van der Waals surface area (Å²) in [6, 6.07) is 0. The number of methoxy groups -OCH3 is 1. The lowest BCUT2D eigenvalue weighted by Crippen LogP contribution is -2.42. The Hall–Kier alpha value is -0.120. The fourth-order valence-electron chi connectivity index (χ4n) is 2.37. The van der Waals surface area contributed by atoms with Gasteiger partial charge in [0.2, 0.25) is 0 Å². The number of hydrogen-bond donors (Lipinski definition) is 1. The molecule has 84 valence electrons. The van der Waals surface area contributed by atoms with Gasteiger partial charge in [-0.25, -0.2) is 0 Å². The second-order valence-corrected chi connectivity index (χ2v) is 4.30. The first kappa shape index (κ1) is 12.0. The van der Waals surface area contributed by atoms with Crippen molar-refractivity contribution < 1.29 is 9.47 Å². The molecule has 14 heavy (non-hydrogen) atoms. The Balaban J connectivity index is 2.42. The largest absolute Gasteiger partial charge is 0.382 e. The number of ether oxygens (including phenoxy) is 2. The van der Waals surface area contributed by atoms with Crippen LogP contribution in [0.5, 0.6) is 0 Å². The van der Waals surface area contributed by atoms with Gasteiger partial charge in [0.05, 0.1) is 18.3 Å². The van der Waals surface area contributed by atoms with E-state index in [1.807, 2.05) is 7.05 Å². The van der Waals surface area contributed by atoms with E-state index in [1.54, 1.807) is 7.11 Å². The first-order valence-electron chi connectivity index (χ1n) is 5.54. The van der Waals surface area contributed by atoms with Gasteiger partial charge in [0.15, 0.2) is 0 Å². The van der Waals surface area contributed by atoms with E-state index in [-0.39, 0.29) is 11.7 Å². The molecule has 0 aromatic rings. The minimum atomic E-state index is 0.0761. The quantitative estimate of drug-likeness (QED) is 0.707.